The number of H-pyrrole nitrogens is 1. The normalized spacial score (nSPS) is 16.6. The van der Waals surface area contributed by atoms with Gasteiger partial charge in [-0.1, -0.05) is 6.92 Å². The van der Waals surface area contributed by atoms with Crippen LogP contribution in [-0.4, -0.2) is 26.0 Å². The average Bonchev–Trinajstić information content (AvgIpc) is 2.92. The van der Waals surface area contributed by atoms with Crippen LogP contribution in [0.5, 0.6) is 0 Å². The van der Waals surface area contributed by atoms with Gasteiger partial charge in [0.1, 0.15) is 0 Å². The van der Waals surface area contributed by atoms with Crippen LogP contribution in [0.4, 0.5) is 0 Å². The van der Waals surface area contributed by atoms with Gasteiger partial charge in [0.05, 0.1) is 4.90 Å². The summed E-state index contributed by atoms with van der Waals surface area (Å²) >= 11 is 0. The van der Waals surface area contributed by atoms with E-state index >= 15 is 0 Å². The molecule has 0 saturated heterocycles. The molecule has 1 saturated carbocycles. The highest BCUT2D eigenvalue weighted by molar-refractivity contribution is 7.89. The molecule has 6 heteroatoms. The van der Waals surface area contributed by atoms with Gasteiger partial charge in [-0.3, -0.25) is 0 Å². The summed E-state index contributed by atoms with van der Waals surface area (Å²) in [6.45, 7) is 2.87. The van der Waals surface area contributed by atoms with E-state index in [4.69, 9.17) is 0 Å². The molecule has 1 heterocycles. The summed E-state index contributed by atoms with van der Waals surface area (Å²) in [5.41, 5.74) is 0.906. The molecule has 90 valence electrons. The molecule has 0 aromatic carbocycles. The van der Waals surface area contributed by atoms with Crippen molar-refractivity contribution in [3.63, 3.8) is 0 Å². The third-order valence-electron chi connectivity index (χ3n) is 2.52. The van der Waals surface area contributed by atoms with E-state index in [1.165, 1.54) is 19.0 Å². The average molecular weight is 243 g/mol. The summed E-state index contributed by atoms with van der Waals surface area (Å²) in [6.07, 6.45) is 3.98. The van der Waals surface area contributed by atoms with Gasteiger partial charge < -0.3 is 10.3 Å². The van der Waals surface area contributed by atoms with Crippen molar-refractivity contribution < 1.29 is 8.42 Å². The molecule has 2 rings (SSSR count). The Hall–Kier alpha value is -0.850. The van der Waals surface area contributed by atoms with E-state index in [0.29, 0.717) is 24.0 Å². The van der Waals surface area contributed by atoms with E-state index in [1.54, 1.807) is 13.0 Å². The van der Waals surface area contributed by atoms with Crippen LogP contribution >= 0.6 is 0 Å². The smallest absolute Gasteiger partial charge is 0.242 e. The predicted octanol–water partition coefficient (Wildman–Crippen LogP) is 0.565. The Bertz CT molecular complexity index is 448. The summed E-state index contributed by atoms with van der Waals surface area (Å²) in [7, 11) is -3.32. The lowest BCUT2D eigenvalue weighted by Gasteiger charge is -2.00. The Morgan fingerprint density at radius 3 is 2.88 bits per heavy atom. The molecule has 0 spiro atoms. The highest BCUT2D eigenvalue weighted by atomic mass is 32.2. The summed E-state index contributed by atoms with van der Waals surface area (Å²) in [6, 6.07) is 2.30. The summed E-state index contributed by atoms with van der Waals surface area (Å²) < 4.78 is 25.7. The molecule has 0 radical (unpaired) electrons. The topological polar surface area (TPSA) is 74.0 Å². The fraction of sp³-hybridized carbons (Fsp3) is 0.600. The first kappa shape index (κ1) is 11.6. The lowest BCUT2D eigenvalue weighted by Crippen LogP contribution is -2.22. The summed E-state index contributed by atoms with van der Waals surface area (Å²) in [4.78, 5) is 3.28. The van der Waals surface area contributed by atoms with E-state index < -0.39 is 10.0 Å². The van der Waals surface area contributed by atoms with Crippen LogP contribution in [-0.2, 0) is 16.6 Å². The van der Waals surface area contributed by atoms with E-state index in [-0.39, 0.29) is 0 Å². The fourth-order valence-electron chi connectivity index (χ4n) is 1.49. The molecule has 0 unspecified atom stereocenters. The van der Waals surface area contributed by atoms with Crippen molar-refractivity contribution in [3.8, 4) is 0 Å². The maximum absolute atomic E-state index is 11.6. The van der Waals surface area contributed by atoms with E-state index in [0.717, 1.165) is 5.69 Å². The Morgan fingerprint density at radius 1 is 1.50 bits per heavy atom. The van der Waals surface area contributed by atoms with Crippen LogP contribution in [0.2, 0.25) is 0 Å². The first-order valence-electron chi connectivity index (χ1n) is 5.52. The van der Waals surface area contributed by atoms with Crippen LogP contribution < -0.4 is 10.0 Å². The number of aromatic amines is 1. The molecule has 3 N–H and O–H groups in total. The van der Waals surface area contributed by atoms with Crippen LogP contribution in [0.25, 0.3) is 0 Å². The minimum Gasteiger partial charge on any atom is -0.363 e. The number of hydrogen-bond donors (Lipinski definition) is 3. The molecule has 0 aliphatic heterocycles. The highest BCUT2D eigenvalue weighted by Gasteiger charge is 2.21. The van der Waals surface area contributed by atoms with Gasteiger partial charge in [0.25, 0.3) is 0 Å². The van der Waals surface area contributed by atoms with Crippen molar-refractivity contribution >= 4 is 10.0 Å². The zero-order chi connectivity index (χ0) is 11.6. The molecular weight excluding hydrogens is 226 g/mol. The molecule has 1 aromatic rings. The second-order valence-corrected chi connectivity index (χ2v) is 5.78. The van der Waals surface area contributed by atoms with Gasteiger partial charge in [-0.15, -0.1) is 0 Å². The predicted molar refractivity (Wildman–Crippen MR) is 61.5 cm³/mol. The fourth-order valence-corrected chi connectivity index (χ4v) is 2.55. The molecule has 1 aromatic heterocycles. The lowest BCUT2D eigenvalue weighted by atomic mass is 10.4. The van der Waals surface area contributed by atoms with Gasteiger partial charge in [-0.2, -0.15) is 0 Å². The van der Waals surface area contributed by atoms with Crippen LogP contribution in [0.15, 0.2) is 17.2 Å². The maximum atomic E-state index is 11.6. The minimum absolute atomic E-state index is 0.307. The SMILES string of the molecule is CCNS(=O)(=O)c1c[nH]c(CNC2CC2)c1. The third-order valence-corrected chi connectivity index (χ3v) is 4.04. The van der Waals surface area contributed by atoms with Crippen molar-refractivity contribution in [2.75, 3.05) is 6.54 Å². The molecule has 5 nitrogen and oxygen atoms in total. The van der Waals surface area contributed by atoms with Gasteiger partial charge in [0.15, 0.2) is 0 Å². The second-order valence-electron chi connectivity index (χ2n) is 4.02. The molecule has 0 amide bonds. The molecule has 0 atom stereocenters. The van der Waals surface area contributed by atoms with Gasteiger partial charge in [-0.05, 0) is 18.9 Å². The number of rotatable bonds is 6. The first-order chi connectivity index (χ1) is 7.62. The van der Waals surface area contributed by atoms with Gasteiger partial charge >= 0.3 is 0 Å². The maximum Gasteiger partial charge on any atom is 0.242 e. The monoisotopic (exact) mass is 243 g/mol. The molecule has 1 fully saturated rings. The number of sulfonamides is 1. The zero-order valence-corrected chi connectivity index (χ0v) is 10.1. The number of nitrogens with one attached hydrogen (secondary N) is 3. The zero-order valence-electron chi connectivity index (χ0n) is 9.29. The first-order valence-corrected chi connectivity index (χ1v) is 7.00. The second kappa shape index (κ2) is 4.57. The van der Waals surface area contributed by atoms with Crippen molar-refractivity contribution in [2.24, 2.45) is 0 Å². The largest absolute Gasteiger partial charge is 0.363 e. The lowest BCUT2D eigenvalue weighted by molar-refractivity contribution is 0.584. The van der Waals surface area contributed by atoms with Crippen LogP contribution in [0.3, 0.4) is 0 Å². The van der Waals surface area contributed by atoms with Crippen molar-refractivity contribution in [1.29, 1.82) is 0 Å². The van der Waals surface area contributed by atoms with Gasteiger partial charge in [-0.25, -0.2) is 13.1 Å². The van der Waals surface area contributed by atoms with Crippen molar-refractivity contribution in [2.45, 2.75) is 37.2 Å². The van der Waals surface area contributed by atoms with E-state index in [2.05, 4.69) is 15.0 Å². The summed E-state index contributed by atoms with van der Waals surface area (Å²) in [5, 5.41) is 3.32. The standard InChI is InChI=1S/C10H17N3O2S/c1-2-13-16(14,15)10-5-9(12-7-10)6-11-8-3-4-8/h5,7-8,11-13H,2-4,6H2,1H3. The third kappa shape index (κ3) is 2.84. The van der Waals surface area contributed by atoms with Crippen LogP contribution in [0, 0.1) is 0 Å². The Morgan fingerprint density at radius 2 is 2.25 bits per heavy atom. The Kier molecular flexibility index (Phi) is 3.32. The molecule has 0 bridgehead atoms. The molecule has 1 aliphatic rings. The van der Waals surface area contributed by atoms with Crippen molar-refractivity contribution in [3.05, 3.63) is 18.0 Å². The Labute approximate surface area is 95.7 Å². The molecule has 16 heavy (non-hydrogen) atoms. The van der Waals surface area contributed by atoms with Crippen molar-refractivity contribution in [1.82, 2.24) is 15.0 Å². The van der Waals surface area contributed by atoms with Gasteiger partial charge in [0.2, 0.25) is 10.0 Å². The highest BCUT2D eigenvalue weighted by Crippen LogP contribution is 2.19. The quantitative estimate of drug-likeness (QED) is 0.683. The molecule has 1 aliphatic carbocycles. The number of aromatic nitrogens is 1. The summed E-state index contributed by atoms with van der Waals surface area (Å²) in [5.74, 6) is 0. The van der Waals surface area contributed by atoms with Crippen LogP contribution in [0.1, 0.15) is 25.5 Å². The minimum atomic E-state index is -3.32. The molecular formula is C10H17N3O2S. The van der Waals surface area contributed by atoms with Gasteiger partial charge in [0, 0.05) is 31.0 Å². The van der Waals surface area contributed by atoms with E-state index in [1.807, 2.05) is 0 Å². The number of hydrogen-bond acceptors (Lipinski definition) is 3. The van der Waals surface area contributed by atoms with E-state index in [9.17, 15) is 8.42 Å². The Balaban J connectivity index is 2.00.